The van der Waals surface area contributed by atoms with Crippen molar-refractivity contribution in [3.05, 3.63) is 61.3 Å². The van der Waals surface area contributed by atoms with Crippen LogP contribution >= 0.6 is 11.6 Å². The maximum atomic E-state index is 16.3. The van der Waals surface area contributed by atoms with Gasteiger partial charge >= 0.3 is 5.69 Å². The van der Waals surface area contributed by atoms with Crippen LogP contribution in [0.15, 0.2) is 27.8 Å². The van der Waals surface area contributed by atoms with Gasteiger partial charge in [-0.1, -0.05) is 17.7 Å². The molecule has 1 aliphatic carbocycles. The number of aliphatic hydroxyl groups is 1. The molecule has 7 nitrogen and oxygen atoms in total. The van der Waals surface area contributed by atoms with E-state index in [1.807, 2.05) is 0 Å². The lowest BCUT2D eigenvalue weighted by molar-refractivity contribution is -0.0803. The minimum Gasteiger partial charge on any atom is -0.396 e. The third kappa shape index (κ3) is 4.70. The van der Waals surface area contributed by atoms with Crippen LogP contribution in [0.5, 0.6) is 0 Å². The van der Waals surface area contributed by atoms with Gasteiger partial charge in [0.1, 0.15) is 11.6 Å². The number of hydrogen-bond acceptors (Lipinski definition) is 4. The number of nitrogens with zero attached hydrogens (tertiary/aromatic N) is 4. The van der Waals surface area contributed by atoms with Crippen LogP contribution in [-0.4, -0.2) is 36.3 Å². The molecule has 1 saturated carbocycles. The zero-order chi connectivity index (χ0) is 26.4. The molecule has 0 radical (unpaired) electrons. The SMILES string of the molecule is CC(C)n1c(=O)n(CCCO)c(=O)c2c1nc(C1(F)CCC(F)(F)CC1)n2Cc1ccc(Cl)c(F)c1. The molecule has 3 aromatic rings. The van der Waals surface area contributed by atoms with Gasteiger partial charge in [-0.05, 0) is 50.8 Å². The molecule has 2 heterocycles. The Morgan fingerprint density at radius 2 is 1.78 bits per heavy atom. The number of halogens is 5. The smallest absolute Gasteiger partial charge is 0.332 e. The molecule has 12 heteroatoms. The molecule has 0 aliphatic heterocycles. The maximum absolute atomic E-state index is 16.3. The van der Waals surface area contributed by atoms with E-state index in [2.05, 4.69) is 4.98 Å². The maximum Gasteiger partial charge on any atom is 0.332 e. The Balaban J connectivity index is 2.03. The van der Waals surface area contributed by atoms with Gasteiger partial charge in [-0.3, -0.25) is 13.9 Å². The van der Waals surface area contributed by atoms with E-state index >= 15 is 4.39 Å². The van der Waals surface area contributed by atoms with Crippen LogP contribution in [0.4, 0.5) is 17.6 Å². The highest BCUT2D eigenvalue weighted by atomic mass is 35.5. The Hall–Kier alpha value is -2.66. The van der Waals surface area contributed by atoms with E-state index < -0.39 is 60.4 Å². The summed E-state index contributed by atoms with van der Waals surface area (Å²) in [4.78, 5) is 31.1. The Morgan fingerprint density at radius 1 is 1.11 bits per heavy atom. The molecule has 0 bridgehead atoms. The summed E-state index contributed by atoms with van der Waals surface area (Å²) in [5.41, 5.74) is -3.54. The molecule has 0 amide bonds. The Bertz CT molecular complexity index is 1400. The predicted molar refractivity (Wildman–Crippen MR) is 127 cm³/mol. The minimum atomic E-state index is -3.01. The molecule has 196 valence electrons. The number of aromatic nitrogens is 4. The Morgan fingerprint density at radius 3 is 2.36 bits per heavy atom. The van der Waals surface area contributed by atoms with Crippen molar-refractivity contribution in [1.82, 2.24) is 18.7 Å². The first-order valence-electron chi connectivity index (χ1n) is 11.8. The van der Waals surface area contributed by atoms with Crippen LogP contribution in [0, 0.1) is 5.82 Å². The van der Waals surface area contributed by atoms with E-state index in [0.29, 0.717) is 5.56 Å². The number of fused-ring (bicyclic) bond motifs is 1. The quantitative estimate of drug-likeness (QED) is 0.455. The number of hydrogen-bond donors (Lipinski definition) is 1. The first-order chi connectivity index (χ1) is 16.9. The van der Waals surface area contributed by atoms with Crippen molar-refractivity contribution >= 4 is 22.8 Å². The highest BCUT2D eigenvalue weighted by Gasteiger charge is 2.48. The number of alkyl halides is 3. The van der Waals surface area contributed by atoms with Crippen molar-refractivity contribution < 1.29 is 22.7 Å². The monoisotopic (exact) mass is 530 g/mol. The van der Waals surface area contributed by atoms with Crippen molar-refractivity contribution in [2.45, 2.75) is 76.7 Å². The van der Waals surface area contributed by atoms with Crippen molar-refractivity contribution in [3.63, 3.8) is 0 Å². The van der Waals surface area contributed by atoms with Gasteiger partial charge in [-0.15, -0.1) is 0 Å². The molecule has 1 aliphatic rings. The fraction of sp³-hybridized carbons (Fsp3) is 0.542. The van der Waals surface area contributed by atoms with E-state index in [1.165, 1.54) is 21.3 Å². The summed E-state index contributed by atoms with van der Waals surface area (Å²) in [5, 5.41) is 9.13. The van der Waals surface area contributed by atoms with E-state index in [9.17, 15) is 27.9 Å². The molecule has 0 spiro atoms. The first kappa shape index (κ1) is 26.4. The van der Waals surface area contributed by atoms with Crippen LogP contribution in [0.25, 0.3) is 11.2 Å². The molecule has 2 aromatic heterocycles. The van der Waals surface area contributed by atoms with Crippen LogP contribution in [-0.2, 0) is 18.8 Å². The third-order valence-corrected chi connectivity index (χ3v) is 6.92. The Labute approximate surface area is 208 Å². The lowest BCUT2D eigenvalue weighted by Gasteiger charge is -2.33. The normalized spacial score (nSPS) is 17.2. The number of rotatable bonds is 7. The highest BCUT2D eigenvalue weighted by molar-refractivity contribution is 6.30. The average Bonchev–Trinajstić information content (AvgIpc) is 3.18. The zero-order valence-corrected chi connectivity index (χ0v) is 20.7. The molecule has 0 unspecified atom stereocenters. The summed E-state index contributed by atoms with van der Waals surface area (Å²) in [6, 6.07) is 3.49. The molecule has 0 atom stereocenters. The fourth-order valence-electron chi connectivity index (χ4n) is 4.70. The van der Waals surface area contributed by atoms with Gasteiger partial charge in [-0.2, -0.15) is 0 Å². The lowest BCUT2D eigenvalue weighted by atomic mass is 9.83. The second-order valence-electron chi connectivity index (χ2n) is 9.54. The summed E-state index contributed by atoms with van der Waals surface area (Å²) in [6.45, 7) is 2.85. The van der Waals surface area contributed by atoms with Crippen LogP contribution < -0.4 is 11.2 Å². The van der Waals surface area contributed by atoms with Gasteiger partial charge in [0.2, 0.25) is 5.92 Å². The van der Waals surface area contributed by atoms with Gasteiger partial charge in [-0.25, -0.2) is 27.3 Å². The largest absolute Gasteiger partial charge is 0.396 e. The Kier molecular flexibility index (Phi) is 7.09. The van der Waals surface area contributed by atoms with Crippen LogP contribution in [0.3, 0.4) is 0 Å². The van der Waals surface area contributed by atoms with E-state index in [4.69, 9.17) is 11.6 Å². The second kappa shape index (κ2) is 9.66. The van der Waals surface area contributed by atoms with Crippen LogP contribution in [0.1, 0.15) is 63.4 Å². The molecule has 1 fully saturated rings. The van der Waals surface area contributed by atoms with Gasteiger partial charge in [0.15, 0.2) is 16.8 Å². The molecule has 1 aromatic carbocycles. The lowest BCUT2D eigenvalue weighted by Crippen LogP contribution is -2.41. The highest BCUT2D eigenvalue weighted by Crippen LogP contribution is 2.46. The molecular weight excluding hydrogens is 504 g/mol. The summed E-state index contributed by atoms with van der Waals surface area (Å²) < 4.78 is 61.7. The summed E-state index contributed by atoms with van der Waals surface area (Å²) in [5.74, 6) is -3.98. The standard InChI is InChI=1S/C24H27ClF4N4O3/c1-14(2)33-19-18(20(35)31(22(33)36)10-3-11-34)32(13-15-4-5-16(25)17(26)12-15)21(30-19)23(27)6-8-24(28,29)9-7-23/h4-5,12,14,34H,3,6-11,13H2,1-2H3. The van der Waals surface area contributed by atoms with Gasteiger partial charge in [0.25, 0.3) is 5.56 Å². The van der Waals surface area contributed by atoms with E-state index in [0.717, 1.165) is 10.6 Å². The number of aliphatic hydroxyl groups excluding tert-OH is 1. The summed E-state index contributed by atoms with van der Waals surface area (Å²) in [6.07, 6.45) is -2.31. The fourth-order valence-corrected chi connectivity index (χ4v) is 4.82. The van der Waals surface area contributed by atoms with Crippen molar-refractivity contribution in [3.8, 4) is 0 Å². The topological polar surface area (TPSA) is 82.0 Å². The summed E-state index contributed by atoms with van der Waals surface area (Å²) in [7, 11) is 0. The predicted octanol–water partition coefficient (Wildman–Crippen LogP) is 4.54. The first-order valence-corrected chi connectivity index (χ1v) is 12.1. The number of benzene rings is 1. The van der Waals surface area contributed by atoms with Gasteiger partial charge < -0.3 is 9.67 Å². The molecule has 1 N–H and O–H groups in total. The number of imidazole rings is 1. The third-order valence-electron chi connectivity index (χ3n) is 6.62. The van der Waals surface area contributed by atoms with Crippen molar-refractivity contribution in [2.75, 3.05) is 6.61 Å². The average molecular weight is 531 g/mol. The van der Waals surface area contributed by atoms with E-state index in [-0.39, 0.29) is 48.1 Å². The van der Waals surface area contributed by atoms with Crippen LogP contribution in [0.2, 0.25) is 5.02 Å². The van der Waals surface area contributed by atoms with Gasteiger partial charge in [0, 0.05) is 38.6 Å². The van der Waals surface area contributed by atoms with Crippen molar-refractivity contribution in [2.24, 2.45) is 0 Å². The van der Waals surface area contributed by atoms with Crippen molar-refractivity contribution in [1.29, 1.82) is 0 Å². The molecule has 0 saturated heterocycles. The van der Waals surface area contributed by atoms with E-state index in [1.54, 1.807) is 13.8 Å². The minimum absolute atomic E-state index is 0.0703. The molecule has 36 heavy (non-hydrogen) atoms. The van der Waals surface area contributed by atoms with Gasteiger partial charge in [0.05, 0.1) is 5.02 Å². The summed E-state index contributed by atoms with van der Waals surface area (Å²) >= 11 is 5.79. The molecular formula is C24H27ClF4N4O3. The molecule has 4 rings (SSSR count). The second-order valence-corrected chi connectivity index (χ2v) is 9.95. The zero-order valence-electron chi connectivity index (χ0n) is 19.9.